The summed E-state index contributed by atoms with van der Waals surface area (Å²) in [6.07, 6.45) is 8.78. The molecule has 106 valence electrons. The first kappa shape index (κ1) is 14.4. The number of hydrogen-bond acceptors (Lipinski definition) is 0. The van der Waals surface area contributed by atoms with E-state index in [0.29, 0.717) is 10.8 Å². The fourth-order valence-corrected chi connectivity index (χ4v) is 4.74. The van der Waals surface area contributed by atoms with Crippen molar-refractivity contribution in [3.63, 3.8) is 0 Å². The maximum Gasteiger partial charge on any atom is -0.0323 e. The van der Waals surface area contributed by atoms with Gasteiger partial charge in [0.2, 0.25) is 0 Å². The van der Waals surface area contributed by atoms with E-state index in [2.05, 4.69) is 41.5 Å². The van der Waals surface area contributed by atoms with E-state index in [0.717, 1.165) is 23.7 Å². The molecule has 0 spiro atoms. The first-order chi connectivity index (χ1) is 8.24. The van der Waals surface area contributed by atoms with Crippen LogP contribution in [-0.2, 0) is 0 Å². The Bertz CT molecular complexity index is 286. The molecule has 18 heavy (non-hydrogen) atoms. The average molecular weight is 250 g/mol. The summed E-state index contributed by atoms with van der Waals surface area (Å²) in [6.45, 7) is 15.1. The monoisotopic (exact) mass is 250 g/mol. The van der Waals surface area contributed by atoms with Crippen LogP contribution < -0.4 is 0 Å². The lowest BCUT2D eigenvalue weighted by molar-refractivity contribution is 0.0853. The van der Waals surface area contributed by atoms with E-state index in [9.17, 15) is 0 Å². The normalized spacial score (nSPS) is 43.7. The second kappa shape index (κ2) is 4.84. The molecule has 0 N–H and O–H groups in total. The van der Waals surface area contributed by atoms with Crippen LogP contribution in [0.3, 0.4) is 0 Å². The first-order valence-electron chi connectivity index (χ1n) is 8.24. The molecule has 0 aliphatic heterocycles. The van der Waals surface area contributed by atoms with E-state index >= 15 is 0 Å². The fourth-order valence-electron chi connectivity index (χ4n) is 4.74. The predicted octanol–water partition coefficient (Wildman–Crippen LogP) is 5.91. The Kier molecular flexibility index (Phi) is 3.87. The van der Waals surface area contributed by atoms with Crippen LogP contribution >= 0.6 is 0 Å². The largest absolute Gasteiger partial charge is 0.0625 e. The van der Waals surface area contributed by atoms with Crippen molar-refractivity contribution in [3.05, 3.63) is 0 Å². The summed E-state index contributed by atoms with van der Waals surface area (Å²) in [7, 11) is 0. The predicted molar refractivity (Wildman–Crippen MR) is 80.6 cm³/mol. The zero-order chi connectivity index (χ0) is 13.6. The Morgan fingerprint density at radius 3 is 1.89 bits per heavy atom. The zero-order valence-corrected chi connectivity index (χ0v) is 13.6. The molecule has 2 aliphatic carbocycles. The van der Waals surface area contributed by atoms with Crippen LogP contribution in [0.4, 0.5) is 0 Å². The fraction of sp³-hybridized carbons (Fsp3) is 1.00. The van der Waals surface area contributed by atoms with E-state index in [4.69, 9.17) is 0 Å². The SMILES string of the molecule is CC1CCC(C2CCC(C)(C)C2C)C(C)(C)CC1. The molecule has 0 aromatic carbocycles. The van der Waals surface area contributed by atoms with E-state index in [1.165, 1.54) is 38.5 Å². The Hall–Kier alpha value is 0. The highest BCUT2D eigenvalue weighted by molar-refractivity contribution is 4.96. The van der Waals surface area contributed by atoms with Crippen LogP contribution in [0.15, 0.2) is 0 Å². The molecular weight excluding hydrogens is 216 g/mol. The van der Waals surface area contributed by atoms with Gasteiger partial charge in [0.1, 0.15) is 0 Å². The van der Waals surface area contributed by atoms with Crippen LogP contribution in [0, 0.1) is 34.5 Å². The van der Waals surface area contributed by atoms with Gasteiger partial charge in [-0.3, -0.25) is 0 Å². The van der Waals surface area contributed by atoms with Gasteiger partial charge < -0.3 is 0 Å². The maximum absolute atomic E-state index is 2.55. The smallest absolute Gasteiger partial charge is 0.0323 e. The first-order valence-corrected chi connectivity index (χ1v) is 8.24. The Morgan fingerprint density at radius 2 is 1.33 bits per heavy atom. The summed E-state index contributed by atoms with van der Waals surface area (Å²) in [5.74, 6) is 3.83. The molecule has 4 unspecified atom stereocenters. The number of hydrogen-bond donors (Lipinski definition) is 0. The van der Waals surface area contributed by atoms with Gasteiger partial charge in [-0.05, 0) is 60.2 Å². The Balaban J connectivity index is 2.16. The van der Waals surface area contributed by atoms with Crippen molar-refractivity contribution in [1.29, 1.82) is 0 Å². The van der Waals surface area contributed by atoms with Gasteiger partial charge in [-0.15, -0.1) is 0 Å². The van der Waals surface area contributed by atoms with Gasteiger partial charge >= 0.3 is 0 Å². The van der Waals surface area contributed by atoms with E-state index in [-0.39, 0.29) is 0 Å². The summed E-state index contributed by atoms with van der Waals surface area (Å²) in [5.41, 5.74) is 1.16. The standard InChI is InChI=1S/C18H34/c1-13-7-8-16(18(5,6)11-9-13)15-10-12-17(3,4)14(15)2/h13-16H,7-12H2,1-6H3. The highest BCUT2D eigenvalue weighted by Crippen LogP contribution is 2.55. The Labute approximate surface area is 115 Å². The van der Waals surface area contributed by atoms with Gasteiger partial charge in [0.15, 0.2) is 0 Å². The summed E-state index contributed by atoms with van der Waals surface area (Å²) < 4.78 is 0. The molecular formula is C18H34. The summed E-state index contributed by atoms with van der Waals surface area (Å²) in [6, 6.07) is 0. The van der Waals surface area contributed by atoms with Gasteiger partial charge in [-0.25, -0.2) is 0 Å². The topological polar surface area (TPSA) is 0 Å². The van der Waals surface area contributed by atoms with Crippen molar-refractivity contribution in [1.82, 2.24) is 0 Å². The van der Waals surface area contributed by atoms with Crippen molar-refractivity contribution in [3.8, 4) is 0 Å². The lowest BCUT2D eigenvalue weighted by Gasteiger charge is -2.40. The lowest BCUT2D eigenvalue weighted by Crippen LogP contribution is -2.33. The summed E-state index contributed by atoms with van der Waals surface area (Å²) in [4.78, 5) is 0. The van der Waals surface area contributed by atoms with Crippen LogP contribution in [0.2, 0.25) is 0 Å². The van der Waals surface area contributed by atoms with Gasteiger partial charge in [0.25, 0.3) is 0 Å². The molecule has 0 saturated heterocycles. The molecule has 2 aliphatic rings. The van der Waals surface area contributed by atoms with Crippen LogP contribution in [0.5, 0.6) is 0 Å². The van der Waals surface area contributed by atoms with E-state index < -0.39 is 0 Å². The van der Waals surface area contributed by atoms with Crippen molar-refractivity contribution in [2.24, 2.45) is 34.5 Å². The van der Waals surface area contributed by atoms with E-state index in [1.54, 1.807) is 0 Å². The molecule has 0 aromatic heterocycles. The molecule has 2 saturated carbocycles. The molecule has 0 aromatic rings. The summed E-state index contributed by atoms with van der Waals surface area (Å²) in [5, 5.41) is 0. The highest BCUT2D eigenvalue weighted by atomic mass is 14.5. The van der Waals surface area contributed by atoms with Crippen molar-refractivity contribution >= 4 is 0 Å². The van der Waals surface area contributed by atoms with Crippen LogP contribution in [0.1, 0.15) is 80.1 Å². The molecule has 0 nitrogen and oxygen atoms in total. The second-order valence-corrected chi connectivity index (χ2v) is 8.80. The summed E-state index contributed by atoms with van der Waals surface area (Å²) >= 11 is 0. The average Bonchev–Trinajstić information content (AvgIpc) is 2.44. The molecule has 0 amide bonds. The van der Waals surface area contributed by atoms with Crippen molar-refractivity contribution in [2.75, 3.05) is 0 Å². The molecule has 0 heterocycles. The Morgan fingerprint density at radius 1 is 0.722 bits per heavy atom. The van der Waals surface area contributed by atoms with Crippen LogP contribution in [0.25, 0.3) is 0 Å². The quantitative estimate of drug-likeness (QED) is 0.507. The third-order valence-electron chi connectivity index (χ3n) is 6.77. The minimum absolute atomic E-state index is 0.574. The second-order valence-electron chi connectivity index (χ2n) is 8.80. The molecule has 2 rings (SSSR count). The molecule has 0 bridgehead atoms. The van der Waals surface area contributed by atoms with Gasteiger partial charge in [0, 0.05) is 0 Å². The minimum Gasteiger partial charge on any atom is -0.0625 e. The molecule has 0 heteroatoms. The minimum atomic E-state index is 0.574. The maximum atomic E-state index is 2.55. The number of rotatable bonds is 1. The van der Waals surface area contributed by atoms with Crippen molar-refractivity contribution in [2.45, 2.75) is 80.1 Å². The molecule has 2 fully saturated rings. The van der Waals surface area contributed by atoms with Gasteiger partial charge in [-0.1, -0.05) is 54.4 Å². The third kappa shape index (κ3) is 2.63. The van der Waals surface area contributed by atoms with Gasteiger partial charge in [0.05, 0.1) is 0 Å². The zero-order valence-electron chi connectivity index (χ0n) is 13.6. The van der Waals surface area contributed by atoms with E-state index in [1.807, 2.05) is 0 Å². The highest BCUT2D eigenvalue weighted by Gasteiger charge is 2.46. The molecule has 0 radical (unpaired) electrons. The molecule has 4 atom stereocenters. The lowest BCUT2D eigenvalue weighted by atomic mass is 9.65. The van der Waals surface area contributed by atoms with Crippen molar-refractivity contribution < 1.29 is 0 Å². The van der Waals surface area contributed by atoms with Crippen LogP contribution in [-0.4, -0.2) is 0 Å². The third-order valence-corrected chi connectivity index (χ3v) is 6.77. The van der Waals surface area contributed by atoms with Gasteiger partial charge in [-0.2, -0.15) is 0 Å².